The van der Waals surface area contributed by atoms with Crippen LogP contribution in [-0.4, -0.2) is 75.6 Å². The number of nitrogens with two attached hydrogens (primary N) is 1. The Balaban J connectivity index is 1.74. The van der Waals surface area contributed by atoms with Crippen molar-refractivity contribution in [1.82, 2.24) is 4.90 Å². The fourth-order valence-electron chi connectivity index (χ4n) is 6.39. The van der Waals surface area contributed by atoms with E-state index >= 15 is 0 Å². The number of aliphatic hydroxyl groups excluding tert-OH is 2. The van der Waals surface area contributed by atoms with Crippen molar-refractivity contribution in [3.8, 4) is 22.6 Å². The summed E-state index contributed by atoms with van der Waals surface area (Å²) in [6.45, 7) is 0. The molecule has 3 aliphatic carbocycles. The van der Waals surface area contributed by atoms with Crippen LogP contribution in [0.5, 0.6) is 11.5 Å². The number of primary amides is 1. The Bertz CT molecular complexity index is 1530. The normalized spacial score (nSPS) is 26.4. The molecule has 0 aliphatic heterocycles. The summed E-state index contributed by atoms with van der Waals surface area (Å²) in [7, 11) is 4.65. The summed E-state index contributed by atoms with van der Waals surface area (Å²) in [5.41, 5.74) is 3.17. The average molecular weight is 555 g/mol. The number of aliphatic hydroxyl groups is 3. The van der Waals surface area contributed by atoms with Crippen molar-refractivity contribution in [2.75, 3.05) is 21.2 Å². The number of benzene rings is 2. The van der Waals surface area contributed by atoms with E-state index in [1.165, 1.54) is 18.1 Å². The van der Waals surface area contributed by atoms with Crippen LogP contribution in [0.4, 0.5) is 0 Å². The van der Waals surface area contributed by atoms with E-state index in [1.807, 2.05) is 0 Å². The Morgan fingerprint density at radius 3 is 2.44 bits per heavy atom. The lowest BCUT2D eigenvalue weighted by atomic mass is 9.58. The Kier molecular flexibility index (Phi) is 6.25. The first kappa shape index (κ1) is 26.7. The molecule has 0 unspecified atom stereocenters. The number of hydrogen-bond acceptors (Lipinski definition) is 9. The smallest absolute Gasteiger partial charge is 0.255 e. The van der Waals surface area contributed by atoms with Gasteiger partial charge in [-0.3, -0.25) is 19.3 Å². The number of hydrogen-bond donors (Lipinski definition) is 5. The van der Waals surface area contributed by atoms with Gasteiger partial charge in [-0.05, 0) is 68.2 Å². The highest BCUT2D eigenvalue weighted by Crippen LogP contribution is 2.53. The number of phenolic OH excluding ortho intramolecular Hbond substituents is 1. The molecule has 0 radical (unpaired) electrons. The lowest BCUT2D eigenvalue weighted by Gasteiger charge is -2.50. The van der Waals surface area contributed by atoms with Gasteiger partial charge < -0.3 is 30.9 Å². The van der Waals surface area contributed by atoms with Crippen molar-refractivity contribution in [3.63, 3.8) is 0 Å². The predicted octanol–water partition coefficient (Wildman–Crippen LogP) is 2.45. The molecular formula is C28H27ClN2O8. The molecule has 204 valence electrons. The van der Waals surface area contributed by atoms with Gasteiger partial charge in [0.2, 0.25) is 5.78 Å². The summed E-state index contributed by atoms with van der Waals surface area (Å²) in [4.78, 5) is 40.9. The second-order valence-corrected chi connectivity index (χ2v) is 10.7. The molecule has 0 heterocycles. The van der Waals surface area contributed by atoms with E-state index in [4.69, 9.17) is 22.1 Å². The number of phenols is 1. The molecule has 11 heteroatoms. The number of methoxy groups -OCH3 is 1. The fourth-order valence-corrected chi connectivity index (χ4v) is 6.57. The molecule has 39 heavy (non-hydrogen) atoms. The lowest BCUT2D eigenvalue weighted by Crippen LogP contribution is -2.63. The minimum Gasteiger partial charge on any atom is -0.510 e. The number of rotatable bonds is 4. The summed E-state index contributed by atoms with van der Waals surface area (Å²) >= 11 is 6.26. The molecule has 0 bridgehead atoms. The van der Waals surface area contributed by atoms with Crippen LogP contribution in [0.1, 0.15) is 22.3 Å². The molecule has 6 N–H and O–H groups in total. The molecular weight excluding hydrogens is 528 g/mol. The fraction of sp³-hybridized carbons (Fsp3) is 0.321. The second kappa shape index (κ2) is 9.11. The molecule has 0 saturated heterocycles. The second-order valence-electron chi connectivity index (χ2n) is 10.3. The van der Waals surface area contributed by atoms with Gasteiger partial charge in [0.05, 0.1) is 18.7 Å². The molecule has 3 aliphatic rings. The Hall–Kier alpha value is -3.86. The van der Waals surface area contributed by atoms with E-state index < -0.39 is 58.0 Å². The van der Waals surface area contributed by atoms with Crippen LogP contribution >= 0.6 is 11.6 Å². The first-order valence-electron chi connectivity index (χ1n) is 12.2. The molecule has 10 nitrogen and oxygen atoms in total. The highest BCUT2D eigenvalue weighted by atomic mass is 35.5. The highest BCUT2D eigenvalue weighted by Gasteiger charge is 2.63. The molecule has 4 atom stereocenters. The third-order valence-corrected chi connectivity index (χ3v) is 8.29. The van der Waals surface area contributed by atoms with E-state index in [9.17, 15) is 34.8 Å². The van der Waals surface area contributed by atoms with Crippen molar-refractivity contribution >= 4 is 29.1 Å². The number of allylic oxidation sites excluding steroid dienone is 1. The molecule has 5 rings (SSSR count). The maximum absolute atomic E-state index is 13.9. The highest BCUT2D eigenvalue weighted by molar-refractivity contribution is 6.31. The van der Waals surface area contributed by atoms with Gasteiger partial charge in [0, 0.05) is 22.1 Å². The number of likely N-dealkylation sites (N-methyl/N-ethyl adjacent to an activating group) is 1. The van der Waals surface area contributed by atoms with E-state index in [-0.39, 0.29) is 29.7 Å². The topological polar surface area (TPSA) is 171 Å². The van der Waals surface area contributed by atoms with Gasteiger partial charge in [-0.2, -0.15) is 0 Å². The molecule has 0 spiro atoms. The van der Waals surface area contributed by atoms with Crippen LogP contribution in [-0.2, 0) is 16.0 Å². The first-order valence-corrected chi connectivity index (χ1v) is 12.6. The number of nitrogens with zero attached hydrogens (tertiary/aromatic N) is 1. The maximum atomic E-state index is 13.9. The van der Waals surface area contributed by atoms with Crippen LogP contribution in [0.3, 0.4) is 0 Å². The van der Waals surface area contributed by atoms with Gasteiger partial charge >= 0.3 is 0 Å². The van der Waals surface area contributed by atoms with Crippen molar-refractivity contribution in [3.05, 3.63) is 69.1 Å². The van der Waals surface area contributed by atoms with E-state index in [1.54, 1.807) is 38.4 Å². The zero-order chi connectivity index (χ0) is 28.5. The van der Waals surface area contributed by atoms with Crippen LogP contribution < -0.4 is 10.5 Å². The molecule has 0 saturated carbocycles. The summed E-state index contributed by atoms with van der Waals surface area (Å²) in [5, 5.41) is 45.2. The Morgan fingerprint density at radius 2 is 1.82 bits per heavy atom. The van der Waals surface area contributed by atoms with Crippen LogP contribution in [0, 0.1) is 11.8 Å². The van der Waals surface area contributed by atoms with Gasteiger partial charge in [-0.25, -0.2) is 0 Å². The SMILES string of the molecule is COc1ccc(Cl)cc1-c1ccc(O)c2c1C[C@@H]1C[C@@H]3[C@@H](N(C)C)C(O)=C(C(N)=O)C(=O)[C@]3(O)C(O)=C1C2=O. The molecule has 0 fully saturated rings. The number of ether oxygens (including phenoxy) is 1. The molecule has 0 aromatic heterocycles. The first-order chi connectivity index (χ1) is 18.3. The van der Waals surface area contributed by atoms with E-state index in [0.29, 0.717) is 27.5 Å². The summed E-state index contributed by atoms with van der Waals surface area (Å²) in [6, 6.07) is 6.93. The van der Waals surface area contributed by atoms with Crippen LogP contribution in [0.15, 0.2) is 53.0 Å². The number of Topliss-reactive ketones (excluding diaryl/α,β-unsaturated/α-hetero) is 2. The number of fused-ring (bicyclic) bond motifs is 3. The zero-order valence-corrected chi connectivity index (χ0v) is 22.1. The van der Waals surface area contributed by atoms with Crippen LogP contribution in [0.25, 0.3) is 11.1 Å². The minimum atomic E-state index is -2.69. The monoisotopic (exact) mass is 554 g/mol. The third kappa shape index (κ3) is 3.66. The van der Waals surface area contributed by atoms with Crippen molar-refractivity contribution in [2.24, 2.45) is 17.6 Å². The standard InChI is InChI=1S/C28H27ClN2O8/c1-31(2)22-16-9-11-8-15-13(14-10-12(29)4-7-18(14)39-3)5-6-17(32)20(15)23(33)19(11)25(35)28(16,38)26(36)21(24(22)34)27(30)37/h4-7,10-11,16,22,32,34-35,38H,8-9H2,1-3H3,(H2,30,37)/t11-,16-,22-,28-/m1/s1. The predicted molar refractivity (Wildman–Crippen MR) is 141 cm³/mol. The molecule has 2 aromatic rings. The lowest BCUT2D eigenvalue weighted by molar-refractivity contribution is -0.148. The quantitative estimate of drug-likeness (QED) is 0.356. The number of ketones is 2. The minimum absolute atomic E-state index is 0.00641. The van der Waals surface area contributed by atoms with Crippen molar-refractivity contribution < 1.29 is 39.5 Å². The third-order valence-electron chi connectivity index (χ3n) is 8.06. The van der Waals surface area contributed by atoms with Gasteiger partial charge in [-0.1, -0.05) is 17.7 Å². The largest absolute Gasteiger partial charge is 0.510 e. The summed E-state index contributed by atoms with van der Waals surface area (Å²) < 4.78 is 5.50. The van der Waals surface area contributed by atoms with Gasteiger partial charge in [-0.15, -0.1) is 0 Å². The molecule has 2 aromatic carbocycles. The summed E-state index contributed by atoms with van der Waals surface area (Å²) in [6.07, 6.45) is 0.140. The number of amides is 1. The van der Waals surface area contributed by atoms with E-state index in [2.05, 4.69) is 0 Å². The summed E-state index contributed by atoms with van der Waals surface area (Å²) in [5.74, 6) is -6.49. The van der Waals surface area contributed by atoms with Gasteiger partial charge in [0.1, 0.15) is 28.6 Å². The van der Waals surface area contributed by atoms with Crippen molar-refractivity contribution in [2.45, 2.75) is 24.5 Å². The van der Waals surface area contributed by atoms with Gasteiger partial charge in [0.15, 0.2) is 11.4 Å². The Morgan fingerprint density at radius 1 is 1.13 bits per heavy atom. The average Bonchev–Trinajstić information content (AvgIpc) is 2.86. The number of aromatic hydroxyl groups is 1. The van der Waals surface area contributed by atoms with E-state index in [0.717, 1.165) is 0 Å². The molecule has 1 amide bonds. The maximum Gasteiger partial charge on any atom is 0.255 e. The number of halogens is 1. The Labute approximate surface area is 228 Å². The van der Waals surface area contributed by atoms with Crippen molar-refractivity contribution in [1.29, 1.82) is 0 Å². The van der Waals surface area contributed by atoms with Gasteiger partial charge in [0.25, 0.3) is 5.91 Å². The van der Waals surface area contributed by atoms with Crippen LogP contribution in [0.2, 0.25) is 5.02 Å². The number of carbonyl (C=O) groups excluding carboxylic acids is 3. The zero-order valence-electron chi connectivity index (χ0n) is 21.4. The number of carbonyl (C=O) groups is 3.